The fourth-order valence-electron chi connectivity index (χ4n) is 2.88. The molecule has 2 rings (SSSR count). The van der Waals surface area contributed by atoms with Gasteiger partial charge in [0, 0.05) is 12.2 Å². The Labute approximate surface area is 149 Å². The number of rotatable bonds is 4. The van der Waals surface area contributed by atoms with Gasteiger partial charge in [0.2, 0.25) is 5.91 Å². The molecule has 1 aliphatic rings. The fourth-order valence-corrected chi connectivity index (χ4v) is 2.88. The van der Waals surface area contributed by atoms with Crippen LogP contribution in [0.15, 0.2) is 24.3 Å². The average Bonchev–Trinajstić information content (AvgIpc) is 2.91. The largest absolute Gasteiger partial charge is 0.494 e. The molecule has 1 saturated heterocycles. The predicted octanol–water partition coefficient (Wildman–Crippen LogP) is 3.81. The van der Waals surface area contributed by atoms with Crippen LogP contribution in [0.3, 0.4) is 0 Å². The second kappa shape index (κ2) is 7.33. The molecule has 1 aromatic rings. The molecule has 6 heteroatoms. The molecule has 1 aliphatic heterocycles. The van der Waals surface area contributed by atoms with Gasteiger partial charge in [0.15, 0.2) is 0 Å². The Bertz CT molecular complexity index is 621. The standard InChI is InChI=1S/C19H28N2O4/c1-6-24-15-10-8-14(9-11-15)20-16(22)19(5)12-7-13-21(19)17(23)25-18(2,3)4/h8-11H,6-7,12-13H2,1-5H3,(H,20,22)/t19-/m1/s1. The van der Waals surface area contributed by atoms with E-state index in [1.165, 1.54) is 4.90 Å². The Hall–Kier alpha value is -2.24. The number of nitrogens with one attached hydrogen (secondary N) is 1. The van der Waals surface area contributed by atoms with E-state index in [0.717, 1.165) is 12.2 Å². The van der Waals surface area contributed by atoms with Crippen LogP contribution in [0.5, 0.6) is 5.75 Å². The van der Waals surface area contributed by atoms with Crippen LogP contribution >= 0.6 is 0 Å². The van der Waals surface area contributed by atoms with Gasteiger partial charge in [0.05, 0.1) is 6.61 Å². The summed E-state index contributed by atoms with van der Waals surface area (Å²) in [5, 5.41) is 2.90. The summed E-state index contributed by atoms with van der Waals surface area (Å²) in [5.41, 5.74) is -0.835. The zero-order valence-electron chi connectivity index (χ0n) is 15.7. The van der Waals surface area contributed by atoms with Crippen molar-refractivity contribution in [3.63, 3.8) is 0 Å². The number of likely N-dealkylation sites (tertiary alicyclic amines) is 1. The molecule has 0 aromatic heterocycles. The van der Waals surface area contributed by atoms with Gasteiger partial charge in [0.25, 0.3) is 0 Å². The minimum atomic E-state index is -0.916. The third-order valence-electron chi connectivity index (χ3n) is 4.17. The third-order valence-corrected chi connectivity index (χ3v) is 4.17. The third kappa shape index (κ3) is 4.65. The van der Waals surface area contributed by atoms with Crippen molar-refractivity contribution in [2.75, 3.05) is 18.5 Å². The van der Waals surface area contributed by atoms with Crippen LogP contribution in [0.25, 0.3) is 0 Å². The van der Waals surface area contributed by atoms with Crippen molar-refractivity contribution in [2.24, 2.45) is 0 Å². The van der Waals surface area contributed by atoms with Gasteiger partial charge < -0.3 is 14.8 Å². The molecule has 6 nitrogen and oxygen atoms in total. The second-order valence-electron chi connectivity index (χ2n) is 7.42. The second-order valence-corrected chi connectivity index (χ2v) is 7.42. The van der Waals surface area contributed by atoms with Gasteiger partial charge in [-0.3, -0.25) is 9.69 Å². The van der Waals surface area contributed by atoms with E-state index < -0.39 is 17.2 Å². The molecule has 1 aromatic carbocycles. The fraction of sp³-hybridized carbons (Fsp3) is 0.579. The van der Waals surface area contributed by atoms with E-state index in [-0.39, 0.29) is 5.91 Å². The molecule has 1 atom stereocenters. The zero-order valence-corrected chi connectivity index (χ0v) is 15.7. The number of anilines is 1. The van der Waals surface area contributed by atoms with E-state index >= 15 is 0 Å². The molecule has 1 heterocycles. The number of carbonyl (C=O) groups excluding carboxylic acids is 2. The minimum absolute atomic E-state index is 0.208. The van der Waals surface area contributed by atoms with E-state index in [9.17, 15) is 9.59 Å². The molecule has 138 valence electrons. The van der Waals surface area contributed by atoms with E-state index in [1.54, 1.807) is 19.1 Å². The topological polar surface area (TPSA) is 67.9 Å². The lowest BCUT2D eigenvalue weighted by Gasteiger charge is -2.35. The molecule has 0 bridgehead atoms. The highest BCUT2D eigenvalue weighted by Crippen LogP contribution is 2.32. The Balaban J connectivity index is 2.09. The zero-order chi connectivity index (χ0) is 18.7. The maximum atomic E-state index is 12.8. The number of benzene rings is 1. The highest BCUT2D eigenvalue weighted by molar-refractivity contribution is 6.00. The van der Waals surface area contributed by atoms with Crippen molar-refractivity contribution in [1.29, 1.82) is 0 Å². The quantitative estimate of drug-likeness (QED) is 0.898. The number of amides is 2. The summed E-state index contributed by atoms with van der Waals surface area (Å²) >= 11 is 0. The van der Waals surface area contributed by atoms with Gasteiger partial charge in [-0.25, -0.2) is 4.79 Å². The molecule has 0 aliphatic carbocycles. The molecular weight excluding hydrogens is 320 g/mol. The number of nitrogens with zero attached hydrogens (tertiary/aromatic N) is 1. The lowest BCUT2D eigenvalue weighted by molar-refractivity contribution is -0.125. The Morgan fingerprint density at radius 2 is 1.88 bits per heavy atom. The van der Waals surface area contributed by atoms with Crippen molar-refractivity contribution in [2.45, 2.75) is 58.6 Å². The first-order chi connectivity index (χ1) is 11.7. The average molecular weight is 348 g/mol. The van der Waals surface area contributed by atoms with E-state index in [0.29, 0.717) is 25.3 Å². The molecule has 25 heavy (non-hydrogen) atoms. The highest BCUT2D eigenvalue weighted by atomic mass is 16.6. The predicted molar refractivity (Wildman–Crippen MR) is 96.8 cm³/mol. The minimum Gasteiger partial charge on any atom is -0.494 e. The first-order valence-corrected chi connectivity index (χ1v) is 8.70. The molecule has 1 N–H and O–H groups in total. The molecule has 0 spiro atoms. The summed E-state index contributed by atoms with van der Waals surface area (Å²) < 4.78 is 10.8. The Morgan fingerprint density at radius 1 is 1.24 bits per heavy atom. The molecular formula is C19H28N2O4. The summed E-state index contributed by atoms with van der Waals surface area (Å²) in [6, 6.07) is 7.20. The van der Waals surface area contributed by atoms with Gasteiger partial charge in [-0.15, -0.1) is 0 Å². The van der Waals surface area contributed by atoms with Crippen LogP contribution in [-0.2, 0) is 9.53 Å². The number of ether oxygens (including phenoxy) is 2. The van der Waals surface area contributed by atoms with Gasteiger partial charge in [-0.1, -0.05) is 0 Å². The first-order valence-electron chi connectivity index (χ1n) is 8.70. The van der Waals surface area contributed by atoms with Crippen LogP contribution < -0.4 is 10.1 Å². The van der Waals surface area contributed by atoms with Gasteiger partial charge in [-0.2, -0.15) is 0 Å². The van der Waals surface area contributed by atoms with Crippen LogP contribution in [-0.4, -0.2) is 41.2 Å². The van der Waals surface area contributed by atoms with E-state index in [2.05, 4.69) is 5.32 Å². The van der Waals surface area contributed by atoms with Crippen molar-refractivity contribution in [3.05, 3.63) is 24.3 Å². The monoisotopic (exact) mass is 348 g/mol. The molecule has 0 saturated carbocycles. The lowest BCUT2D eigenvalue weighted by atomic mass is 9.97. The van der Waals surface area contributed by atoms with Gasteiger partial charge in [0.1, 0.15) is 16.9 Å². The lowest BCUT2D eigenvalue weighted by Crippen LogP contribution is -2.54. The summed E-state index contributed by atoms with van der Waals surface area (Å²) in [6.07, 6.45) is 0.927. The summed E-state index contributed by atoms with van der Waals surface area (Å²) in [6.45, 7) is 10.3. The number of hydrogen-bond donors (Lipinski definition) is 1. The summed E-state index contributed by atoms with van der Waals surface area (Å²) in [4.78, 5) is 26.8. The van der Waals surface area contributed by atoms with E-state index in [4.69, 9.17) is 9.47 Å². The van der Waals surface area contributed by atoms with Crippen molar-refractivity contribution in [1.82, 2.24) is 4.90 Å². The van der Waals surface area contributed by atoms with Crippen LogP contribution in [0.4, 0.5) is 10.5 Å². The van der Waals surface area contributed by atoms with E-state index in [1.807, 2.05) is 39.8 Å². The maximum Gasteiger partial charge on any atom is 0.411 e. The highest BCUT2D eigenvalue weighted by Gasteiger charge is 2.47. The van der Waals surface area contributed by atoms with Crippen molar-refractivity contribution >= 4 is 17.7 Å². The maximum absolute atomic E-state index is 12.8. The van der Waals surface area contributed by atoms with Crippen molar-refractivity contribution in [3.8, 4) is 5.75 Å². The van der Waals surface area contributed by atoms with Gasteiger partial charge in [-0.05, 0) is 71.7 Å². The van der Waals surface area contributed by atoms with Crippen molar-refractivity contribution < 1.29 is 19.1 Å². The summed E-state index contributed by atoms with van der Waals surface area (Å²) in [5.74, 6) is 0.544. The summed E-state index contributed by atoms with van der Waals surface area (Å²) in [7, 11) is 0. The normalized spacial score (nSPS) is 20.3. The molecule has 0 radical (unpaired) electrons. The number of hydrogen-bond acceptors (Lipinski definition) is 4. The molecule has 2 amide bonds. The Morgan fingerprint density at radius 3 is 2.44 bits per heavy atom. The Kier molecular flexibility index (Phi) is 5.60. The van der Waals surface area contributed by atoms with Crippen LogP contribution in [0.1, 0.15) is 47.5 Å². The van der Waals surface area contributed by atoms with Crippen LogP contribution in [0.2, 0.25) is 0 Å². The number of carbonyl (C=O) groups is 2. The van der Waals surface area contributed by atoms with Crippen LogP contribution in [0, 0.1) is 0 Å². The first kappa shape index (κ1) is 19.1. The molecule has 0 unspecified atom stereocenters. The molecule has 1 fully saturated rings. The smallest absolute Gasteiger partial charge is 0.411 e. The SMILES string of the molecule is CCOc1ccc(NC(=O)[C@@]2(C)CCCN2C(=O)OC(C)(C)C)cc1. The van der Waals surface area contributed by atoms with Gasteiger partial charge >= 0.3 is 6.09 Å².